The molecule has 1 aliphatic heterocycles. The topological polar surface area (TPSA) is 85.4 Å². The minimum atomic E-state index is -0.560. The van der Waals surface area contributed by atoms with Gasteiger partial charge in [0.15, 0.2) is 0 Å². The first-order chi connectivity index (χ1) is 15.9. The van der Waals surface area contributed by atoms with Crippen LogP contribution in [0.25, 0.3) is 0 Å². The van der Waals surface area contributed by atoms with Crippen molar-refractivity contribution in [1.82, 2.24) is 4.90 Å². The van der Waals surface area contributed by atoms with Crippen molar-refractivity contribution in [2.45, 2.75) is 17.9 Å². The molecule has 2 amide bonds. The lowest BCUT2D eigenvalue weighted by Crippen LogP contribution is -2.40. The number of carbonyl (C=O) groups excluding carboxylic acids is 3. The molecule has 1 unspecified atom stereocenters. The average molecular weight is 473 g/mol. The van der Waals surface area contributed by atoms with Crippen LogP contribution in [0.3, 0.4) is 0 Å². The molecule has 9 heteroatoms. The fourth-order valence-corrected chi connectivity index (χ4v) is 4.16. The molecule has 1 saturated heterocycles. The Labute approximate surface area is 197 Å². The molecule has 3 rings (SSSR count). The molecule has 0 aromatic heterocycles. The van der Waals surface area contributed by atoms with Crippen LogP contribution < -0.4 is 14.4 Å². The first-order valence-electron chi connectivity index (χ1n) is 10.4. The second kappa shape index (κ2) is 11.1. The van der Waals surface area contributed by atoms with Crippen LogP contribution in [0.1, 0.15) is 12.0 Å². The summed E-state index contributed by atoms with van der Waals surface area (Å²) in [7, 11) is 4.36. The van der Waals surface area contributed by atoms with Crippen LogP contribution >= 0.6 is 11.8 Å². The maximum Gasteiger partial charge on any atom is 0.325 e. The summed E-state index contributed by atoms with van der Waals surface area (Å²) >= 11 is 1.62. The Balaban J connectivity index is 1.80. The number of methoxy groups -OCH3 is 3. The van der Waals surface area contributed by atoms with Gasteiger partial charge < -0.3 is 24.0 Å². The molecule has 0 N–H and O–H groups in total. The van der Waals surface area contributed by atoms with E-state index in [1.165, 1.54) is 12.0 Å². The summed E-state index contributed by atoms with van der Waals surface area (Å²) in [6.45, 7) is 0.186. The maximum absolute atomic E-state index is 13.4. The molecule has 1 atom stereocenters. The summed E-state index contributed by atoms with van der Waals surface area (Å²) in [6, 6.07) is 12.9. The van der Waals surface area contributed by atoms with E-state index < -0.39 is 11.9 Å². The van der Waals surface area contributed by atoms with Gasteiger partial charge in [-0.25, -0.2) is 0 Å². The van der Waals surface area contributed by atoms with Crippen molar-refractivity contribution in [3.05, 3.63) is 48.0 Å². The highest BCUT2D eigenvalue weighted by Crippen LogP contribution is 2.29. The van der Waals surface area contributed by atoms with E-state index in [-0.39, 0.29) is 37.9 Å². The van der Waals surface area contributed by atoms with E-state index in [2.05, 4.69) is 0 Å². The van der Waals surface area contributed by atoms with Gasteiger partial charge in [0.2, 0.25) is 11.8 Å². The lowest BCUT2D eigenvalue weighted by Gasteiger charge is -2.25. The highest BCUT2D eigenvalue weighted by atomic mass is 32.2. The number of anilines is 1. The van der Waals surface area contributed by atoms with Crippen molar-refractivity contribution in [2.24, 2.45) is 5.92 Å². The van der Waals surface area contributed by atoms with Gasteiger partial charge in [-0.15, -0.1) is 11.8 Å². The van der Waals surface area contributed by atoms with Crippen LogP contribution in [0.4, 0.5) is 5.69 Å². The van der Waals surface area contributed by atoms with E-state index in [1.54, 1.807) is 49.1 Å². The van der Waals surface area contributed by atoms with Gasteiger partial charge >= 0.3 is 5.97 Å². The molecular formula is C24H28N2O6S. The number of ether oxygens (including phenoxy) is 3. The first-order valence-corrected chi connectivity index (χ1v) is 11.6. The molecule has 1 aliphatic rings. The van der Waals surface area contributed by atoms with E-state index in [4.69, 9.17) is 14.2 Å². The number of thioether (sulfide) groups is 1. The number of carbonyl (C=O) groups is 3. The van der Waals surface area contributed by atoms with Crippen molar-refractivity contribution in [2.75, 3.05) is 45.6 Å². The summed E-state index contributed by atoms with van der Waals surface area (Å²) < 4.78 is 15.4. The van der Waals surface area contributed by atoms with Gasteiger partial charge in [0.1, 0.15) is 18.0 Å². The molecule has 2 aromatic rings. The fraction of sp³-hybridized carbons (Fsp3) is 0.375. The molecule has 8 nitrogen and oxygen atoms in total. The fourth-order valence-electron chi connectivity index (χ4n) is 3.75. The normalized spacial score (nSPS) is 15.3. The van der Waals surface area contributed by atoms with Crippen LogP contribution in [0.5, 0.6) is 11.5 Å². The highest BCUT2D eigenvalue weighted by Gasteiger charge is 2.37. The van der Waals surface area contributed by atoms with Crippen LogP contribution in [-0.4, -0.2) is 63.4 Å². The molecule has 176 valence electrons. The summed E-state index contributed by atoms with van der Waals surface area (Å²) in [4.78, 5) is 42.3. The van der Waals surface area contributed by atoms with E-state index in [0.29, 0.717) is 11.5 Å². The van der Waals surface area contributed by atoms with Crippen molar-refractivity contribution >= 4 is 35.2 Å². The highest BCUT2D eigenvalue weighted by molar-refractivity contribution is 7.98. The van der Waals surface area contributed by atoms with Crippen LogP contribution in [-0.2, 0) is 25.7 Å². The van der Waals surface area contributed by atoms with E-state index in [0.717, 1.165) is 16.1 Å². The molecule has 1 fully saturated rings. The van der Waals surface area contributed by atoms with E-state index in [1.807, 2.05) is 30.5 Å². The Bertz CT molecular complexity index is 988. The predicted molar refractivity (Wildman–Crippen MR) is 126 cm³/mol. The lowest BCUT2D eigenvalue weighted by molar-refractivity contribution is -0.148. The maximum atomic E-state index is 13.4. The molecule has 1 heterocycles. The van der Waals surface area contributed by atoms with Crippen molar-refractivity contribution in [3.8, 4) is 11.5 Å². The first kappa shape index (κ1) is 24.4. The molecular weight excluding hydrogens is 444 g/mol. The van der Waals surface area contributed by atoms with Gasteiger partial charge in [-0.1, -0.05) is 0 Å². The number of hydrogen-bond acceptors (Lipinski definition) is 7. The van der Waals surface area contributed by atoms with Crippen LogP contribution in [0.2, 0.25) is 0 Å². The number of rotatable bonds is 9. The SMILES string of the molecule is COC(=O)CN(Cc1cc(OC)cc(OC)c1)C(=O)C1CC(=O)N(c2ccc(SC)cc2)C1. The molecule has 33 heavy (non-hydrogen) atoms. The minimum absolute atomic E-state index is 0.0855. The standard InChI is InChI=1S/C24H28N2O6S/c1-30-19-9-16(10-20(12-19)31-2)13-25(15-23(28)32-3)24(29)17-11-22(27)26(14-17)18-5-7-21(33-4)8-6-18/h5-10,12,17H,11,13-15H2,1-4H3. The molecule has 0 saturated carbocycles. The van der Waals surface area contributed by atoms with Gasteiger partial charge in [-0.05, 0) is 48.2 Å². The average Bonchev–Trinajstić information content (AvgIpc) is 3.24. The predicted octanol–water partition coefficient (Wildman–Crippen LogP) is 2.98. The number of esters is 1. The lowest BCUT2D eigenvalue weighted by atomic mass is 10.1. The largest absolute Gasteiger partial charge is 0.497 e. The minimum Gasteiger partial charge on any atom is -0.497 e. The zero-order valence-electron chi connectivity index (χ0n) is 19.2. The number of amides is 2. The third-order valence-electron chi connectivity index (χ3n) is 5.50. The Morgan fingerprint density at radius 3 is 2.24 bits per heavy atom. The third kappa shape index (κ3) is 5.98. The van der Waals surface area contributed by atoms with Crippen LogP contribution in [0, 0.1) is 5.92 Å². The Kier molecular flexibility index (Phi) is 8.21. The zero-order valence-corrected chi connectivity index (χ0v) is 20.0. The molecule has 2 aromatic carbocycles. The van der Waals surface area contributed by atoms with Crippen LogP contribution in [0.15, 0.2) is 47.4 Å². The smallest absolute Gasteiger partial charge is 0.325 e. The quantitative estimate of drug-likeness (QED) is 0.410. The van der Waals surface area contributed by atoms with Crippen molar-refractivity contribution < 1.29 is 28.6 Å². The molecule has 0 radical (unpaired) electrons. The summed E-state index contributed by atoms with van der Waals surface area (Å²) in [5.41, 5.74) is 1.49. The Hall–Kier alpha value is -3.20. The van der Waals surface area contributed by atoms with Crippen molar-refractivity contribution in [3.63, 3.8) is 0 Å². The van der Waals surface area contributed by atoms with Gasteiger partial charge in [0, 0.05) is 36.2 Å². The van der Waals surface area contributed by atoms with Gasteiger partial charge in [-0.3, -0.25) is 14.4 Å². The third-order valence-corrected chi connectivity index (χ3v) is 6.25. The number of hydrogen-bond donors (Lipinski definition) is 0. The molecule has 0 bridgehead atoms. The second-order valence-electron chi connectivity index (χ2n) is 7.59. The van der Waals surface area contributed by atoms with Gasteiger partial charge in [-0.2, -0.15) is 0 Å². The van der Waals surface area contributed by atoms with Gasteiger partial charge in [0.25, 0.3) is 0 Å². The molecule has 0 spiro atoms. The summed E-state index contributed by atoms with van der Waals surface area (Å²) in [5, 5.41) is 0. The van der Waals surface area contributed by atoms with E-state index >= 15 is 0 Å². The Morgan fingerprint density at radius 1 is 1.06 bits per heavy atom. The number of nitrogens with zero attached hydrogens (tertiary/aromatic N) is 2. The number of benzene rings is 2. The second-order valence-corrected chi connectivity index (χ2v) is 8.47. The monoisotopic (exact) mass is 472 g/mol. The van der Waals surface area contributed by atoms with Gasteiger partial charge in [0.05, 0.1) is 27.2 Å². The zero-order chi connectivity index (χ0) is 24.0. The Morgan fingerprint density at radius 2 is 1.70 bits per heavy atom. The summed E-state index contributed by atoms with van der Waals surface area (Å²) in [5.74, 6) is -0.344. The summed E-state index contributed by atoms with van der Waals surface area (Å²) in [6.07, 6.45) is 2.07. The van der Waals surface area contributed by atoms with E-state index in [9.17, 15) is 14.4 Å². The van der Waals surface area contributed by atoms with Crippen molar-refractivity contribution in [1.29, 1.82) is 0 Å². The molecule has 0 aliphatic carbocycles.